The van der Waals surface area contributed by atoms with E-state index in [1.165, 1.54) is 12.1 Å². The summed E-state index contributed by atoms with van der Waals surface area (Å²) >= 11 is 0. The van der Waals surface area contributed by atoms with E-state index in [9.17, 15) is 14.4 Å². The van der Waals surface area contributed by atoms with Crippen molar-refractivity contribution in [3.8, 4) is 0 Å². The molecule has 3 amide bonds. The largest absolute Gasteiger partial charge is 0.475 e. The van der Waals surface area contributed by atoms with Gasteiger partial charge in [0, 0.05) is 26.2 Å². The number of urea groups is 1. The van der Waals surface area contributed by atoms with Gasteiger partial charge in [0.2, 0.25) is 11.7 Å². The Hall–Kier alpha value is -2.51. The number of likely N-dealkylation sites (tertiary alicyclic amines) is 2. The van der Waals surface area contributed by atoms with Crippen molar-refractivity contribution < 1.29 is 23.9 Å². The van der Waals surface area contributed by atoms with Crippen LogP contribution in [0.4, 0.5) is 4.79 Å². The quantitative estimate of drug-likeness (QED) is 0.858. The Labute approximate surface area is 145 Å². The molecule has 2 aliphatic rings. The summed E-state index contributed by atoms with van der Waals surface area (Å²) in [6.07, 6.45) is 3.64. The smallest absolute Gasteiger partial charge is 0.371 e. The van der Waals surface area contributed by atoms with Crippen LogP contribution in [-0.4, -0.2) is 59.0 Å². The first kappa shape index (κ1) is 17.3. The molecular weight excluding hydrogens is 326 g/mol. The maximum Gasteiger partial charge on any atom is 0.371 e. The minimum atomic E-state index is -1.14. The van der Waals surface area contributed by atoms with Crippen molar-refractivity contribution in [3.63, 3.8) is 0 Å². The molecule has 8 nitrogen and oxygen atoms in total. The third-order valence-electron chi connectivity index (χ3n) is 4.75. The van der Waals surface area contributed by atoms with E-state index < -0.39 is 5.97 Å². The predicted molar refractivity (Wildman–Crippen MR) is 88.0 cm³/mol. The second-order valence-corrected chi connectivity index (χ2v) is 6.55. The summed E-state index contributed by atoms with van der Waals surface area (Å²) in [5.41, 5.74) is 0. The van der Waals surface area contributed by atoms with Gasteiger partial charge in [0.05, 0.1) is 12.5 Å². The maximum absolute atomic E-state index is 12.5. The van der Waals surface area contributed by atoms with Crippen molar-refractivity contribution in [1.82, 2.24) is 15.1 Å². The van der Waals surface area contributed by atoms with Crippen LogP contribution in [0.15, 0.2) is 16.5 Å². The van der Waals surface area contributed by atoms with Crippen LogP contribution in [0.2, 0.25) is 0 Å². The van der Waals surface area contributed by atoms with Crippen LogP contribution in [-0.2, 0) is 11.3 Å². The lowest BCUT2D eigenvalue weighted by molar-refractivity contribution is -0.126. The number of amides is 3. The van der Waals surface area contributed by atoms with Gasteiger partial charge in [-0.1, -0.05) is 0 Å². The third-order valence-corrected chi connectivity index (χ3v) is 4.75. The number of rotatable bonds is 4. The molecule has 0 spiro atoms. The Kier molecular flexibility index (Phi) is 5.25. The lowest BCUT2D eigenvalue weighted by atomic mass is 9.97. The lowest BCUT2D eigenvalue weighted by Crippen LogP contribution is -2.49. The molecule has 0 aromatic carbocycles. The SMILES string of the molecule is O=C(O)c1ccc(CNC(=O)[C@H]2CCCN(C(=O)N3CCCC3)C2)o1. The van der Waals surface area contributed by atoms with Gasteiger partial charge in [-0.25, -0.2) is 9.59 Å². The Morgan fingerprint density at radius 3 is 2.52 bits per heavy atom. The molecule has 25 heavy (non-hydrogen) atoms. The zero-order valence-corrected chi connectivity index (χ0v) is 14.1. The van der Waals surface area contributed by atoms with Crippen molar-refractivity contribution in [2.24, 2.45) is 5.92 Å². The molecule has 3 heterocycles. The van der Waals surface area contributed by atoms with Gasteiger partial charge >= 0.3 is 12.0 Å². The molecule has 1 aromatic rings. The van der Waals surface area contributed by atoms with Gasteiger partial charge < -0.3 is 24.6 Å². The van der Waals surface area contributed by atoms with E-state index in [1.807, 2.05) is 4.90 Å². The average molecular weight is 349 g/mol. The molecule has 0 radical (unpaired) electrons. The van der Waals surface area contributed by atoms with Crippen molar-refractivity contribution in [2.75, 3.05) is 26.2 Å². The monoisotopic (exact) mass is 349 g/mol. The zero-order valence-electron chi connectivity index (χ0n) is 14.1. The fourth-order valence-electron chi connectivity index (χ4n) is 3.38. The van der Waals surface area contributed by atoms with E-state index >= 15 is 0 Å². The van der Waals surface area contributed by atoms with Crippen LogP contribution in [0, 0.1) is 5.92 Å². The number of carboxylic acid groups (broad SMARTS) is 1. The Bertz CT molecular complexity index is 650. The van der Waals surface area contributed by atoms with Crippen molar-refractivity contribution in [3.05, 3.63) is 23.7 Å². The fraction of sp³-hybridized carbons (Fsp3) is 0.588. The van der Waals surface area contributed by atoms with Gasteiger partial charge in [-0.2, -0.15) is 0 Å². The van der Waals surface area contributed by atoms with Gasteiger partial charge in [-0.05, 0) is 37.8 Å². The molecule has 3 rings (SSSR count). The maximum atomic E-state index is 12.5. The topological polar surface area (TPSA) is 103 Å². The molecule has 0 saturated carbocycles. The second kappa shape index (κ2) is 7.58. The molecular formula is C17H23N3O5. The molecule has 2 saturated heterocycles. The summed E-state index contributed by atoms with van der Waals surface area (Å²) in [7, 11) is 0. The van der Waals surface area contributed by atoms with E-state index in [0.717, 1.165) is 38.8 Å². The molecule has 0 aliphatic carbocycles. The Morgan fingerprint density at radius 1 is 1.12 bits per heavy atom. The van der Waals surface area contributed by atoms with E-state index in [2.05, 4.69) is 5.32 Å². The molecule has 0 bridgehead atoms. The standard InChI is InChI=1S/C17H23N3O5/c21-15(18-10-13-5-6-14(25-13)16(22)23)12-4-3-9-20(11-12)17(24)19-7-1-2-8-19/h5-6,12H,1-4,7-11H2,(H,18,21)(H,22,23)/t12-/m0/s1. The van der Waals surface area contributed by atoms with Crippen molar-refractivity contribution in [2.45, 2.75) is 32.2 Å². The second-order valence-electron chi connectivity index (χ2n) is 6.55. The number of carboxylic acids is 1. The molecule has 8 heteroatoms. The minimum absolute atomic E-state index is 0.0344. The summed E-state index contributed by atoms with van der Waals surface area (Å²) in [5.74, 6) is -1.27. The lowest BCUT2D eigenvalue weighted by Gasteiger charge is -2.34. The highest BCUT2D eigenvalue weighted by atomic mass is 16.4. The number of aromatic carboxylic acids is 1. The minimum Gasteiger partial charge on any atom is -0.475 e. The first-order valence-electron chi connectivity index (χ1n) is 8.68. The van der Waals surface area contributed by atoms with Crippen LogP contribution < -0.4 is 5.32 Å². The van der Waals surface area contributed by atoms with Gasteiger partial charge in [-0.3, -0.25) is 4.79 Å². The number of furan rings is 1. The molecule has 2 fully saturated rings. The highest BCUT2D eigenvalue weighted by Gasteiger charge is 2.31. The Balaban J connectivity index is 1.50. The van der Waals surface area contributed by atoms with Crippen LogP contribution in [0.25, 0.3) is 0 Å². The van der Waals surface area contributed by atoms with Gasteiger partial charge in [0.15, 0.2) is 0 Å². The predicted octanol–water partition coefficient (Wildman–Crippen LogP) is 1.52. The van der Waals surface area contributed by atoms with Gasteiger partial charge in [0.25, 0.3) is 0 Å². The fourth-order valence-corrected chi connectivity index (χ4v) is 3.38. The number of carbonyl (C=O) groups is 3. The average Bonchev–Trinajstić information content (AvgIpc) is 3.30. The number of piperidine rings is 1. The number of nitrogens with one attached hydrogen (secondary N) is 1. The van der Waals surface area contributed by atoms with E-state index in [0.29, 0.717) is 18.8 Å². The van der Waals surface area contributed by atoms with Crippen LogP contribution in [0.3, 0.4) is 0 Å². The molecule has 0 unspecified atom stereocenters. The van der Waals surface area contributed by atoms with E-state index in [1.54, 1.807) is 4.90 Å². The number of hydrogen-bond donors (Lipinski definition) is 2. The molecule has 1 atom stereocenters. The van der Waals surface area contributed by atoms with E-state index in [-0.39, 0.29) is 30.2 Å². The van der Waals surface area contributed by atoms with Crippen LogP contribution in [0.5, 0.6) is 0 Å². The van der Waals surface area contributed by atoms with Gasteiger partial charge in [-0.15, -0.1) is 0 Å². The first-order chi connectivity index (χ1) is 12.0. The van der Waals surface area contributed by atoms with E-state index in [4.69, 9.17) is 9.52 Å². The Morgan fingerprint density at radius 2 is 1.84 bits per heavy atom. The third kappa shape index (κ3) is 4.12. The molecule has 2 aliphatic heterocycles. The summed E-state index contributed by atoms with van der Waals surface area (Å²) in [6, 6.07) is 2.93. The summed E-state index contributed by atoms with van der Waals surface area (Å²) in [4.78, 5) is 39.3. The van der Waals surface area contributed by atoms with Crippen molar-refractivity contribution in [1.29, 1.82) is 0 Å². The number of hydrogen-bond acceptors (Lipinski definition) is 4. The molecule has 1 aromatic heterocycles. The van der Waals surface area contributed by atoms with Crippen LogP contribution in [0.1, 0.15) is 42.0 Å². The summed E-state index contributed by atoms with van der Waals surface area (Å²) in [5, 5.41) is 11.6. The zero-order chi connectivity index (χ0) is 17.8. The first-order valence-corrected chi connectivity index (χ1v) is 8.68. The number of nitrogens with zero attached hydrogens (tertiary/aromatic N) is 2. The highest BCUT2D eigenvalue weighted by molar-refractivity contribution is 5.84. The molecule has 2 N–H and O–H groups in total. The normalized spacial score (nSPS) is 20.6. The van der Waals surface area contributed by atoms with Crippen LogP contribution >= 0.6 is 0 Å². The number of carbonyl (C=O) groups excluding carboxylic acids is 2. The van der Waals surface area contributed by atoms with Gasteiger partial charge in [0.1, 0.15) is 5.76 Å². The molecule has 136 valence electrons. The summed E-state index contributed by atoms with van der Waals surface area (Å²) in [6.45, 7) is 2.87. The highest BCUT2D eigenvalue weighted by Crippen LogP contribution is 2.20. The van der Waals surface area contributed by atoms with Crippen molar-refractivity contribution >= 4 is 17.9 Å². The summed E-state index contributed by atoms with van der Waals surface area (Å²) < 4.78 is 5.12.